The van der Waals surface area contributed by atoms with Crippen molar-refractivity contribution in [2.75, 3.05) is 13.1 Å². The Hall–Kier alpha value is -0.390. The molecule has 0 saturated carbocycles. The molecule has 1 fully saturated rings. The molecular weight excluding hydrogens is 193 g/mol. The minimum atomic E-state index is -4.22. The molecule has 1 saturated heterocycles. The zero-order valence-corrected chi connectivity index (χ0v) is 6.80. The van der Waals surface area contributed by atoms with Crippen molar-refractivity contribution in [3.63, 3.8) is 0 Å². The molecule has 1 N–H and O–H groups in total. The lowest BCUT2D eigenvalue weighted by Crippen LogP contribution is -2.38. The fraction of sp³-hybridized carbons (Fsp3) is 1.00. The van der Waals surface area contributed by atoms with E-state index in [2.05, 4.69) is 5.32 Å². The average Bonchev–Trinajstić information content (AvgIpc) is 2.34. The molecule has 13 heavy (non-hydrogen) atoms. The Morgan fingerprint density at radius 2 is 2.00 bits per heavy atom. The molecule has 1 unspecified atom stereocenters. The molecule has 1 aliphatic heterocycles. The molecule has 0 aromatic rings. The molecule has 0 aromatic carbocycles. The van der Waals surface area contributed by atoms with E-state index in [9.17, 15) is 22.0 Å². The molecule has 0 spiro atoms. The van der Waals surface area contributed by atoms with Crippen LogP contribution in [0.2, 0.25) is 0 Å². The van der Waals surface area contributed by atoms with Crippen molar-refractivity contribution in [2.24, 2.45) is 0 Å². The fourth-order valence-corrected chi connectivity index (χ4v) is 1.36. The predicted molar refractivity (Wildman–Crippen MR) is 36.9 cm³/mol. The Morgan fingerprint density at radius 3 is 2.38 bits per heavy atom. The van der Waals surface area contributed by atoms with Gasteiger partial charge < -0.3 is 5.32 Å². The Balaban J connectivity index is 2.56. The summed E-state index contributed by atoms with van der Waals surface area (Å²) in [5.41, 5.74) is -2.18. The van der Waals surface area contributed by atoms with Gasteiger partial charge in [-0.2, -0.15) is 0 Å². The number of halogens is 5. The number of hydrogen-bond donors (Lipinski definition) is 1. The molecule has 0 amide bonds. The maximum absolute atomic E-state index is 13.3. The quantitative estimate of drug-likeness (QED) is 0.691. The SMILES string of the molecule is FC(F)C(F)(F)CC1(F)CCNC1. The van der Waals surface area contributed by atoms with Crippen molar-refractivity contribution < 1.29 is 22.0 Å². The smallest absolute Gasteiger partial charge is 0.310 e. The lowest BCUT2D eigenvalue weighted by molar-refractivity contribution is -0.153. The predicted octanol–water partition coefficient (Wildman–Crippen LogP) is 1.98. The minimum absolute atomic E-state index is 0.130. The average molecular weight is 203 g/mol. The molecule has 0 aliphatic carbocycles. The third kappa shape index (κ3) is 2.52. The second kappa shape index (κ2) is 3.40. The third-order valence-electron chi connectivity index (χ3n) is 2.06. The van der Waals surface area contributed by atoms with E-state index in [1.165, 1.54) is 0 Å². The molecule has 1 heterocycles. The van der Waals surface area contributed by atoms with E-state index in [1.807, 2.05) is 0 Å². The summed E-state index contributed by atoms with van der Waals surface area (Å²) in [5.74, 6) is -4.22. The van der Waals surface area contributed by atoms with Crippen LogP contribution in [0.25, 0.3) is 0 Å². The van der Waals surface area contributed by atoms with E-state index in [4.69, 9.17) is 0 Å². The van der Waals surface area contributed by atoms with Crippen LogP contribution >= 0.6 is 0 Å². The first kappa shape index (κ1) is 10.7. The Labute approximate surface area is 72.3 Å². The Bertz CT molecular complexity index is 173. The maximum atomic E-state index is 13.3. The van der Waals surface area contributed by atoms with Crippen molar-refractivity contribution in [2.45, 2.75) is 30.9 Å². The van der Waals surface area contributed by atoms with Gasteiger partial charge in [-0.15, -0.1) is 0 Å². The van der Waals surface area contributed by atoms with Gasteiger partial charge in [0.25, 0.3) is 0 Å². The van der Waals surface area contributed by atoms with Gasteiger partial charge in [-0.25, -0.2) is 22.0 Å². The van der Waals surface area contributed by atoms with Crippen molar-refractivity contribution in [1.29, 1.82) is 0 Å². The van der Waals surface area contributed by atoms with Crippen LogP contribution in [0.3, 0.4) is 0 Å². The first-order chi connectivity index (χ1) is 5.86. The lowest BCUT2D eigenvalue weighted by atomic mass is 9.97. The molecule has 0 aromatic heterocycles. The number of alkyl halides is 5. The van der Waals surface area contributed by atoms with Gasteiger partial charge in [0.05, 0.1) is 6.42 Å². The van der Waals surface area contributed by atoms with Gasteiger partial charge in [0.15, 0.2) is 0 Å². The highest BCUT2D eigenvalue weighted by molar-refractivity contribution is 4.93. The molecular formula is C7H10F5N. The van der Waals surface area contributed by atoms with Gasteiger partial charge in [-0.05, 0) is 13.0 Å². The minimum Gasteiger partial charge on any atom is -0.313 e. The van der Waals surface area contributed by atoms with Crippen LogP contribution in [-0.2, 0) is 0 Å². The van der Waals surface area contributed by atoms with Gasteiger partial charge in [0.1, 0.15) is 5.67 Å². The molecule has 1 rings (SSSR count). The van der Waals surface area contributed by atoms with Gasteiger partial charge in [0.2, 0.25) is 0 Å². The monoisotopic (exact) mass is 203 g/mol. The molecule has 0 bridgehead atoms. The van der Waals surface area contributed by atoms with E-state index in [1.54, 1.807) is 0 Å². The molecule has 0 radical (unpaired) electrons. The standard InChI is InChI=1S/C7H10F5N/c8-5(9)7(11,12)3-6(10)1-2-13-4-6/h5,13H,1-4H2. The molecule has 1 nitrogen and oxygen atoms in total. The Morgan fingerprint density at radius 1 is 1.38 bits per heavy atom. The van der Waals surface area contributed by atoms with Crippen molar-refractivity contribution in [3.8, 4) is 0 Å². The van der Waals surface area contributed by atoms with Crippen LogP contribution in [0.5, 0.6) is 0 Å². The molecule has 1 atom stereocenters. The highest BCUT2D eigenvalue weighted by Crippen LogP contribution is 2.36. The van der Waals surface area contributed by atoms with Crippen molar-refractivity contribution in [1.82, 2.24) is 5.32 Å². The van der Waals surface area contributed by atoms with E-state index in [0.29, 0.717) is 0 Å². The second-order valence-electron chi connectivity index (χ2n) is 3.32. The number of nitrogens with one attached hydrogen (secondary N) is 1. The zero-order valence-electron chi connectivity index (χ0n) is 6.80. The van der Waals surface area contributed by atoms with Crippen LogP contribution in [0.1, 0.15) is 12.8 Å². The molecule has 78 valence electrons. The van der Waals surface area contributed by atoms with Gasteiger partial charge in [-0.3, -0.25) is 0 Å². The normalized spacial score (nSPS) is 30.0. The summed E-state index contributed by atoms with van der Waals surface area (Å²) >= 11 is 0. The topological polar surface area (TPSA) is 12.0 Å². The number of hydrogen-bond acceptors (Lipinski definition) is 1. The van der Waals surface area contributed by atoms with E-state index >= 15 is 0 Å². The van der Waals surface area contributed by atoms with Gasteiger partial charge >= 0.3 is 12.3 Å². The highest BCUT2D eigenvalue weighted by Gasteiger charge is 2.50. The Kier molecular flexibility index (Phi) is 2.79. The first-order valence-electron chi connectivity index (χ1n) is 3.91. The third-order valence-corrected chi connectivity index (χ3v) is 2.06. The summed E-state index contributed by atoms with van der Waals surface area (Å²) in [6.45, 7) is -0.00880. The van der Waals surface area contributed by atoms with E-state index in [-0.39, 0.29) is 19.5 Å². The summed E-state index contributed by atoms with van der Waals surface area (Å²) in [4.78, 5) is 0. The van der Waals surface area contributed by atoms with Crippen molar-refractivity contribution in [3.05, 3.63) is 0 Å². The van der Waals surface area contributed by atoms with E-state index < -0.39 is 24.4 Å². The van der Waals surface area contributed by atoms with Crippen LogP contribution < -0.4 is 5.32 Å². The summed E-state index contributed by atoms with van der Waals surface area (Å²) in [7, 11) is 0. The van der Waals surface area contributed by atoms with E-state index in [0.717, 1.165) is 0 Å². The highest BCUT2D eigenvalue weighted by atomic mass is 19.3. The number of rotatable bonds is 3. The summed E-state index contributed by atoms with van der Waals surface area (Å²) < 4.78 is 61.5. The van der Waals surface area contributed by atoms with Crippen molar-refractivity contribution >= 4 is 0 Å². The summed E-state index contributed by atoms with van der Waals surface area (Å²) in [5, 5.41) is 2.52. The fourth-order valence-electron chi connectivity index (χ4n) is 1.36. The molecule has 6 heteroatoms. The van der Waals surface area contributed by atoms with Crippen LogP contribution in [-0.4, -0.2) is 31.1 Å². The molecule has 1 aliphatic rings. The second-order valence-corrected chi connectivity index (χ2v) is 3.32. The van der Waals surface area contributed by atoms with Crippen LogP contribution in [0, 0.1) is 0 Å². The van der Waals surface area contributed by atoms with Crippen LogP contribution in [0.15, 0.2) is 0 Å². The van der Waals surface area contributed by atoms with Crippen LogP contribution in [0.4, 0.5) is 22.0 Å². The first-order valence-corrected chi connectivity index (χ1v) is 3.91. The maximum Gasteiger partial charge on any atom is 0.310 e. The zero-order chi connectivity index (χ0) is 10.1. The summed E-state index contributed by atoms with van der Waals surface area (Å²) in [6, 6.07) is 0. The van der Waals surface area contributed by atoms with Gasteiger partial charge in [0, 0.05) is 6.54 Å². The summed E-state index contributed by atoms with van der Waals surface area (Å²) in [6.07, 6.45) is -5.32. The lowest BCUT2D eigenvalue weighted by Gasteiger charge is -2.24. The van der Waals surface area contributed by atoms with Gasteiger partial charge in [-0.1, -0.05) is 0 Å². The largest absolute Gasteiger partial charge is 0.313 e.